The number of hydrogen-bond donors (Lipinski definition) is 1. The first-order chi connectivity index (χ1) is 18.6. The number of ether oxygens (including phenoxy) is 3. The van der Waals surface area contributed by atoms with E-state index in [2.05, 4.69) is 21.1 Å². The van der Waals surface area contributed by atoms with Gasteiger partial charge in [0.15, 0.2) is 12.1 Å². The minimum Gasteiger partial charge on any atom is -0.464 e. The Morgan fingerprint density at radius 3 is 2.44 bits per heavy atom. The molecule has 0 spiro atoms. The summed E-state index contributed by atoms with van der Waals surface area (Å²) < 4.78 is 18.6. The molecule has 2 amide bonds. The molecule has 1 N–H and O–H groups in total. The lowest BCUT2D eigenvalue weighted by atomic mass is 9.96. The van der Waals surface area contributed by atoms with Crippen LogP contribution in [0.2, 0.25) is 0 Å². The van der Waals surface area contributed by atoms with Crippen LogP contribution in [0.1, 0.15) is 78.3 Å². The van der Waals surface area contributed by atoms with Gasteiger partial charge in [-0.05, 0) is 53.4 Å². The van der Waals surface area contributed by atoms with Gasteiger partial charge in [0.1, 0.15) is 11.9 Å². The van der Waals surface area contributed by atoms with E-state index in [1.165, 1.54) is 6.33 Å². The van der Waals surface area contributed by atoms with Crippen LogP contribution in [0.4, 0.5) is 15.4 Å². The minimum atomic E-state index is -1.55. The zero-order chi connectivity index (χ0) is 28.6. The summed E-state index contributed by atoms with van der Waals surface area (Å²) >= 11 is 0. The van der Waals surface area contributed by atoms with E-state index in [9.17, 15) is 20.0 Å². The van der Waals surface area contributed by atoms with Crippen LogP contribution >= 0.6 is 0 Å². The van der Waals surface area contributed by atoms with Crippen molar-refractivity contribution in [3.05, 3.63) is 24.3 Å². The molecule has 1 fully saturated rings. The lowest BCUT2D eigenvalue weighted by Gasteiger charge is -2.26. The number of carbonyl (C=O) groups is 2. The second kappa shape index (κ2) is 13.5. The standard InChI is InChI=1S/C27H38N6O6/c1-6-37-22(38-7-2)14-20-23(19-15-31-32(16-19)21(12-13-28)18-10-8-9-11-18)29-17-30-24(20)33(25(34)35)26(36)39-27(3,4)5/h15-18,21-22H,6-12,14H2,1-5H3,(H,34,35)/t21-/m1/s1. The van der Waals surface area contributed by atoms with Crippen molar-refractivity contribution >= 4 is 18.0 Å². The fourth-order valence-electron chi connectivity index (χ4n) is 4.85. The predicted octanol–water partition coefficient (Wildman–Crippen LogP) is 5.35. The number of nitriles is 1. The van der Waals surface area contributed by atoms with Gasteiger partial charge in [-0.3, -0.25) is 4.68 Å². The zero-order valence-electron chi connectivity index (χ0n) is 23.3. The average molecular weight is 543 g/mol. The highest BCUT2D eigenvalue weighted by Crippen LogP contribution is 2.37. The van der Waals surface area contributed by atoms with Crippen molar-refractivity contribution in [3.8, 4) is 17.3 Å². The molecule has 3 rings (SSSR count). The van der Waals surface area contributed by atoms with Gasteiger partial charge >= 0.3 is 12.2 Å². The first-order valence-electron chi connectivity index (χ1n) is 13.3. The molecule has 1 saturated carbocycles. The molecule has 212 valence electrons. The van der Waals surface area contributed by atoms with E-state index in [4.69, 9.17) is 14.2 Å². The van der Waals surface area contributed by atoms with Crippen molar-refractivity contribution in [2.45, 2.75) is 91.1 Å². The highest BCUT2D eigenvalue weighted by molar-refractivity contribution is 6.08. The smallest absolute Gasteiger partial charge is 0.425 e. The Morgan fingerprint density at radius 2 is 1.87 bits per heavy atom. The summed E-state index contributed by atoms with van der Waals surface area (Å²) in [6.45, 7) is 9.29. The number of hydrogen-bond acceptors (Lipinski definition) is 9. The van der Waals surface area contributed by atoms with Crippen molar-refractivity contribution in [3.63, 3.8) is 0 Å². The third kappa shape index (κ3) is 7.74. The molecule has 1 aliphatic rings. The highest BCUT2D eigenvalue weighted by atomic mass is 16.7. The van der Waals surface area contributed by atoms with Crippen LogP contribution in [0, 0.1) is 17.2 Å². The molecule has 39 heavy (non-hydrogen) atoms. The molecule has 2 aromatic heterocycles. The highest BCUT2D eigenvalue weighted by Gasteiger charge is 2.34. The first-order valence-corrected chi connectivity index (χ1v) is 13.3. The molecule has 1 aliphatic carbocycles. The van der Waals surface area contributed by atoms with Gasteiger partial charge in [-0.1, -0.05) is 12.8 Å². The second-order valence-corrected chi connectivity index (χ2v) is 10.4. The maximum atomic E-state index is 13.0. The van der Waals surface area contributed by atoms with Crippen LogP contribution in [0.3, 0.4) is 0 Å². The summed E-state index contributed by atoms with van der Waals surface area (Å²) in [4.78, 5) is 34.5. The van der Waals surface area contributed by atoms with Crippen LogP contribution in [0.15, 0.2) is 18.7 Å². The Labute approximate surface area is 228 Å². The summed E-state index contributed by atoms with van der Waals surface area (Å²) in [6, 6.07) is 2.21. The number of nitrogens with zero attached hydrogens (tertiary/aromatic N) is 6. The van der Waals surface area contributed by atoms with E-state index in [1.54, 1.807) is 31.6 Å². The van der Waals surface area contributed by atoms with Gasteiger partial charge in [0.2, 0.25) is 0 Å². The molecule has 0 saturated heterocycles. The van der Waals surface area contributed by atoms with Crippen LogP contribution in [0.5, 0.6) is 0 Å². The normalized spacial score (nSPS) is 14.8. The van der Waals surface area contributed by atoms with Crippen molar-refractivity contribution < 1.29 is 28.9 Å². The lowest BCUT2D eigenvalue weighted by molar-refractivity contribution is -0.134. The molecule has 12 nitrogen and oxygen atoms in total. The van der Waals surface area contributed by atoms with Gasteiger partial charge in [-0.2, -0.15) is 15.3 Å². The quantitative estimate of drug-likeness (QED) is 0.368. The molecule has 12 heteroatoms. The molecular weight excluding hydrogens is 504 g/mol. The van der Waals surface area contributed by atoms with E-state index in [-0.39, 0.29) is 18.3 Å². The summed E-state index contributed by atoms with van der Waals surface area (Å²) in [5, 5.41) is 24.1. The predicted molar refractivity (Wildman–Crippen MR) is 142 cm³/mol. The van der Waals surface area contributed by atoms with Gasteiger partial charge in [-0.15, -0.1) is 0 Å². The van der Waals surface area contributed by atoms with Gasteiger partial charge < -0.3 is 19.3 Å². The number of anilines is 1. The fraction of sp³-hybridized carbons (Fsp3) is 0.630. The maximum absolute atomic E-state index is 13.0. The number of aromatic nitrogens is 4. The van der Waals surface area contributed by atoms with E-state index in [0.29, 0.717) is 47.3 Å². The van der Waals surface area contributed by atoms with Crippen molar-refractivity contribution in [1.29, 1.82) is 5.26 Å². The van der Waals surface area contributed by atoms with Crippen LogP contribution in [0.25, 0.3) is 11.3 Å². The number of imide groups is 1. The number of amides is 2. The topological polar surface area (TPSA) is 153 Å². The van der Waals surface area contributed by atoms with E-state index in [1.807, 2.05) is 20.0 Å². The van der Waals surface area contributed by atoms with Crippen LogP contribution < -0.4 is 4.90 Å². The summed E-state index contributed by atoms with van der Waals surface area (Å²) in [7, 11) is 0. The third-order valence-corrected chi connectivity index (χ3v) is 6.44. The summed E-state index contributed by atoms with van der Waals surface area (Å²) in [5.41, 5.74) is 0.371. The van der Waals surface area contributed by atoms with E-state index in [0.717, 1.165) is 25.7 Å². The van der Waals surface area contributed by atoms with E-state index < -0.39 is 24.1 Å². The lowest BCUT2D eigenvalue weighted by Crippen LogP contribution is -2.41. The molecule has 0 aromatic carbocycles. The van der Waals surface area contributed by atoms with Crippen molar-refractivity contribution in [2.75, 3.05) is 18.1 Å². The summed E-state index contributed by atoms with van der Waals surface area (Å²) in [5.74, 6) is 0.205. The first kappa shape index (κ1) is 30.0. The number of rotatable bonds is 11. The monoisotopic (exact) mass is 542 g/mol. The van der Waals surface area contributed by atoms with Gasteiger partial charge in [0.25, 0.3) is 0 Å². The van der Waals surface area contributed by atoms with Crippen LogP contribution in [-0.4, -0.2) is 62.1 Å². The minimum absolute atomic E-state index is 0.0647. The second-order valence-electron chi connectivity index (χ2n) is 10.4. The Bertz CT molecular complexity index is 1160. The molecule has 0 radical (unpaired) electrons. The Hall–Kier alpha value is -3.56. The molecule has 0 bridgehead atoms. The zero-order valence-corrected chi connectivity index (χ0v) is 23.3. The van der Waals surface area contributed by atoms with Gasteiger partial charge in [0, 0.05) is 37.0 Å². The Kier molecular flexibility index (Phi) is 10.4. The Morgan fingerprint density at radius 1 is 1.21 bits per heavy atom. The van der Waals surface area contributed by atoms with E-state index >= 15 is 0 Å². The largest absolute Gasteiger partial charge is 0.464 e. The average Bonchev–Trinajstić information content (AvgIpc) is 3.55. The van der Waals surface area contributed by atoms with Crippen molar-refractivity contribution in [2.24, 2.45) is 5.92 Å². The maximum Gasteiger partial charge on any atom is 0.425 e. The number of carboxylic acid groups (broad SMARTS) is 1. The molecule has 0 unspecified atom stereocenters. The fourth-order valence-corrected chi connectivity index (χ4v) is 4.85. The molecule has 2 heterocycles. The molecule has 1 atom stereocenters. The Balaban J connectivity index is 2.12. The molecule has 0 aliphatic heterocycles. The van der Waals surface area contributed by atoms with Gasteiger partial charge in [-0.25, -0.2) is 19.6 Å². The number of carbonyl (C=O) groups excluding carboxylic acids is 1. The summed E-state index contributed by atoms with van der Waals surface area (Å²) in [6.07, 6.45) is 6.00. The molecular formula is C27H38N6O6. The molecule has 2 aromatic rings. The third-order valence-electron chi connectivity index (χ3n) is 6.44. The van der Waals surface area contributed by atoms with Gasteiger partial charge in [0.05, 0.1) is 30.4 Å². The SMILES string of the molecule is CCOC(Cc1c(-c2cnn([C@H](CC#N)C3CCCC3)c2)ncnc1N(C(=O)O)C(=O)OC(C)(C)C)OCC. The van der Waals surface area contributed by atoms with Crippen LogP contribution in [-0.2, 0) is 20.6 Å². The van der Waals surface area contributed by atoms with Crippen molar-refractivity contribution in [1.82, 2.24) is 19.7 Å².